The Kier molecular flexibility index (Phi) is 5.15. The number of carbonyl (C=O) groups is 1. The molecule has 0 aliphatic carbocycles. The summed E-state index contributed by atoms with van der Waals surface area (Å²) >= 11 is 0. The van der Waals surface area contributed by atoms with Crippen molar-refractivity contribution in [2.24, 2.45) is 11.0 Å². The Bertz CT molecular complexity index is 775. The Hall–Kier alpha value is -2.21. The van der Waals surface area contributed by atoms with Crippen LogP contribution in [0.3, 0.4) is 0 Å². The van der Waals surface area contributed by atoms with Crippen molar-refractivity contribution in [1.82, 2.24) is 5.43 Å². The summed E-state index contributed by atoms with van der Waals surface area (Å²) in [5, 5.41) is 4.07. The lowest BCUT2D eigenvalue weighted by atomic mass is 9.96. The highest BCUT2D eigenvalue weighted by molar-refractivity contribution is 7.91. The van der Waals surface area contributed by atoms with Crippen LogP contribution in [0.2, 0.25) is 0 Å². The molecule has 1 N–H and O–H groups in total. The lowest BCUT2D eigenvalue weighted by molar-refractivity contribution is -0.121. The van der Waals surface area contributed by atoms with Gasteiger partial charge in [0.1, 0.15) is 0 Å². The maximum Gasteiger partial charge on any atom is 0.240 e. The largest absolute Gasteiger partial charge is 0.273 e. The van der Waals surface area contributed by atoms with Gasteiger partial charge in [0.05, 0.1) is 16.4 Å². The molecule has 0 fully saturated rings. The van der Waals surface area contributed by atoms with Gasteiger partial charge in [0.15, 0.2) is 9.84 Å². The number of hydrogen-bond acceptors (Lipinski definition) is 4. The second-order valence-corrected chi connectivity index (χ2v) is 7.63. The molecule has 1 aromatic carbocycles. The van der Waals surface area contributed by atoms with Gasteiger partial charge in [-0.05, 0) is 36.3 Å². The number of allylic oxidation sites excluding steroid dienone is 2. The molecule has 1 aromatic rings. The third-order valence-corrected chi connectivity index (χ3v) is 5.34. The number of amides is 1. The Morgan fingerprint density at radius 3 is 2.61 bits per heavy atom. The van der Waals surface area contributed by atoms with E-state index in [1.807, 2.05) is 19.9 Å². The lowest BCUT2D eigenvalue weighted by Crippen LogP contribution is -2.30. The number of nitrogens with one attached hydrogen (secondary N) is 1. The van der Waals surface area contributed by atoms with Crippen LogP contribution in [0.1, 0.15) is 25.8 Å². The number of nitrogens with zero attached hydrogens (tertiary/aromatic N) is 1. The van der Waals surface area contributed by atoms with Crippen LogP contribution < -0.4 is 5.43 Å². The molecule has 0 aromatic heterocycles. The fourth-order valence-electron chi connectivity index (χ4n) is 2.32. The highest BCUT2D eigenvalue weighted by atomic mass is 32.2. The third-order valence-electron chi connectivity index (χ3n) is 3.68. The summed E-state index contributed by atoms with van der Waals surface area (Å²) in [6.07, 6.45) is 3.71. The van der Waals surface area contributed by atoms with Gasteiger partial charge in [0.25, 0.3) is 0 Å². The number of carbonyl (C=O) groups excluding carboxylic acids is 1. The van der Waals surface area contributed by atoms with Crippen molar-refractivity contribution in [3.8, 4) is 0 Å². The molecular formula is C17H20N2O3S. The van der Waals surface area contributed by atoms with Gasteiger partial charge in [-0.1, -0.05) is 25.1 Å². The van der Waals surface area contributed by atoms with E-state index in [2.05, 4.69) is 17.1 Å². The first-order chi connectivity index (χ1) is 10.8. The first kappa shape index (κ1) is 17.1. The number of rotatable bonds is 5. The topological polar surface area (TPSA) is 75.6 Å². The summed E-state index contributed by atoms with van der Waals surface area (Å²) in [4.78, 5) is 11.5. The summed E-state index contributed by atoms with van der Waals surface area (Å²) in [7, 11) is -3.30. The van der Waals surface area contributed by atoms with E-state index < -0.39 is 9.84 Å². The molecule has 1 aliphatic heterocycles. The first-order valence-electron chi connectivity index (χ1n) is 7.32. The smallest absolute Gasteiger partial charge is 0.240 e. The average Bonchev–Trinajstić information content (AvgIpc) is 2.50. The van der Waals surface area contributed by atoms with E-state index in [-0.39, 0.29) is 22.5 Å². The van der Waals surface area contributed by atoms with Crippen LogP contribution in [0.4, 0.5) is 0 Å². The fraction of sp³-hybridized carbons (Fsp3) is 0.294. The quantitative estimate of drug-likeness (QED) is 0.842. The maximum atomic E-state index is 12.0. The van der Waals surface area contributed by atoms with Crippen molar-refractivity contribution in [2.75, 3.05) is 5.75 Å². The van der Waals surface area contributed by atoms with E-state index in [0.29, 0.717) is 6.42 Å². The third kappa shape index (κ3) is 4.16. The molecule has 1 unspecified atom stereocenters. The van der Waals surface area contributed by atoms with Crippen molar-refractivity contribution in [2.45, 2.75) is 25.2 Å². The van der Waals surface area contributed by atoms with Crippen LogP contribution in [0, 0.1) is 5.92 Å². The molecule has 122 valence electrons. The normalized spacial score (nSPS) is 19.0. The summed E-state index contributed by atoms with van der Waals surface area (Å²) in [5.41, 5.74) is 5.16. The van der Waals surface area contributed by atoms with Gasteiger partial charge >= 0.3 is 0 Å². The summed E-state index contributed by atoms with van der Waals surface area (Å²) in [6, 6.07) is 6.74. The lowest BCUT2D eigenvalue weighted by Gasteiger charge is -2.17. The molecule has 1 amide bonds. The van der Waals surface area contributed by atoms with E-state index in [4.69, 9.17) is 0 Å². The molecule has 2 rings (SSSR count). The zero-order valence-corrected chi connectivity index (χ0v) is 14.1. The number of hydrogen-bond donors (Lipinski definition) is 1. The minimum absolute atomic E-state index is 0.0611. The molecular weight excluding hydrogens is 312 g/mol. The van der Waals surface area contributed by atoms with Crippen LogP contribution in [-0.4, -0.2) is 25.8 Å². The minimum atomic E-state index is -3.30. The molecule has 1 atom stereocenters. The van der Waals surface area contributed by atoms with Crippen LogP contribution in [0.15, 0.2) is 53.0 Å². The molecule has 23 heavy (non-hydrogen) atoms. The van der Waals surface area contributed by atoms with Crippen LogP contribution in [0.5, 0.6) is 0 Å². The van der Waals surface area contributed by atoms with E-state index in [1.165, 1.54) is 6.08 Å². The fourth-order valence-corrected chi connectivity index (χ4v) is 3.38. The molecule has 6 heteroatoms. The Labute approximate surface area is 136 Å². The highest BCUT2D eigenvalue weighted by Crippen LogP contribution is 2.20. The van der Waals surface area contributed by atoms with Crippen molar-refractivity contribution in [3.63, 3.8) is 0 Å². The van der Waals surface area contributed by atoms with E-state index in [1.54, 1.807) is 24.3 Å². The molecule has 0 saturated carbocycles. The Morgan fingerprint density at radius 1 is 1.39 bits per heavy atom. The summed E-state index contributed by atoms with van der Waals surface area (Å²) < 4.78 is 23.9. The highest BCUT2D eigenvalue weighted by Gasteiger charge is 2.19. The van der Waals surface area contributed by atoms with Gasteiger partial charge in [-0.3, -0.25) is 4.79 Å². The first-order valence-corrected chi connectivity index (χ1v) is 8.97. The number of hydrazone groups is 1. The van der Waals surface area contributed by atoms with E-state index >= 15 is 0 Å². The van der Waals surface area contributed by atoms with Crippen molar-refractivity contribution in [3.05, 3.63) is 48.6 Å². The second kappa shape index (κ2) is 6.91. The summed E-state index contributed by atoms with van der Waals surface area (Å²) in [5.74, 6) is -0.0927. The van der Waals surface area contributed by atoms with Crippen molar-refractivity contribution >= 4 is 27.0 Å². The molecule has 0 radical (unpaired) electrons. The van der Waals surface area contributed by atoms with Crippen molar-refractivity contribution < 1.29 is 13.2 Å². The van der Waals surface area contributed by atoms with Gasteiger partial charge in [-0.2, -0.15) is 5.10 Å². The standard InChI is InChI=1S/C17H20N2O3S/c1-4-9-23(21,22)15-7-5-14(6-8-15)12(2)10-16-13(3)11-17(20)19-18-16/h4-8,10,13H,1,9,11H2,2-3H3,(H,19,20). The molecule has 0 spiro atoms. The van der Waals surface area contributed by atoms with Gasteiger partial charge in [-0.15, -0.1) is 6.58 Å². The predicted molar refractivity (Wildman–Crippen MR) is 91.7 cm³/mol. The van der Waals surface area contributed by atoms with Crippen molar-refractivity contribution in [1.29, 1.82) is 0 Å². The van der Waals surface area contributed by atoms with Gasteiger partial charge < -0.3 is 0 Å². The second-order valence-electron chi connectivity index (χ2n) is 5.60. The Morgan fingerprint density at radius 2 is 2.04 bits per heavy atom. The average molecular weight is 332 g/mol. The monoisotopic (exact) mass is 332 g/mol. The van der Waals surface area contributed by atoms with Crippen LogP contribution in [-0.2, 0) is 14.6 Å². The predicted octanol–water partition coefficient (Wildman–Crippen LogP) is 2.56. The zero-order valence-electron chi connectivity index (χ0n) is 13.2. The van der Waals surface area contributed by atoms with Gasteiger partial charge in [0.2, 0.25) is 5.91 Å². The molecule has 1 aliphatic rings. The summed E-state index contributed by atoms with van der Waals surface area (Å²) in [6.45, 7) is 7.34. The van der Waals surface area contributed by atoms with E-state index in [0.717, 1.165) is 16.8 Å². The molecule has 5 nitrogen and oxygen atoms in total. The SMILES string of the molecule is C=CCS(=O)(=O)c1ccc(C(C)=CC2=NNC(=O)CC2C)cc1. The molecule has 0 bridgehead atoms. The molecule has 0 saturated heterocycles. The van der Waals surface area contributed by atoms with Gasteiger partial charge in [0, 0.05) is 12.3 Å². The number of sulfone groups is 1. The van der Waals surface area contributed by atoms with E-state index in [9.17, 15) is 13.2 Å². The number of benzene rings is 1. The minimum Gasteiger partial charge on any atom is -0.273 e. The van der Waals surface area contributed by atoms with Crippen LogP contribution in [0.25, 0.3) is 5.57 Å². The maximum absolute atomic E-state index is 12.0. The zero-order chi connectivity index (χ0) is 17.0. The van der Waals surface area contributed by atoms with Gasteiger partial charge in [-0.25, -0.2) is 13.8 Å². The van der Waals surface area contributed by atoms with Crippen LogP contribution >= 0.6 is 0 Å². The molecule has 1 heterocycles. The Balaban J connectivity index is 2.24.